The summed E-state index contributed by atoms with van der Waals surface area (Å²) < 4.78 is 11.2. The molecule has 0 radical (unpaired) electrons. The number of ether oxygens (including phenoxy) is 2. The van der Waals surface area contributed by atoms with Gasteiger partial charge in [0.2, 0.25) is 0 Å². The van der Waals surface area contributed by atoms with Crippen LogP contribution in [0.3, 0.4) is 0 Å². The molecule has 2 aliphatic rings. The Balaban J connectivity index is 1.19. The van der Waals surface area contributed by atoms with Crippen LogP contribution in [-0.2, 0) is 11.3 Å². The number of carbonyl (C=O) groups excluding carboxylic acids is 1. The Hall–Kier alpha value is -3.00. The number of hydrogen-bond donors (Lipinski definition) is 3. The van der Waals surface area contributed by atoms with Gasteiger partial charge in [-0.15, -0.1) is 0 Å². The normalized spacial score (nSPS) is 22.0. The number of nitrogens with one attached hydrogen (secondary N) is 2. The lowest BCUT2D eigenvalue weighted by atomic mass is 9.93. The molecule has 1 atom stereocenters. The standard InChI is InChI=1S/C29H35N3O4/c1-19-27(32-29(34)22-2-9-26(10-3-22)36-18-20-12-13-35-17-20)11-4-23-14-21(16-31-28(19)23)15-30-24-5-7-25(33)8-6-24/h2-4,9-11,14,16,20,24-25,30,33H,5-8,12-13,15,17-18H2,1H3,(H,32,34). The average Bonchev–Trinajstić information content (AvgIpc) is 3.43. The zero-order valence-corrected chi connectivity index (χ0v) is 20.8. The Morgan fingerprint density at radius 2 is 1.92 bits per heavy atom. The molecule has 1 saturated heterocycles. The Labute approximate surface area is 212 Å². The van der Waals surface area contributed by atoms with E-state index in [4.69, 9.17) is 14.5 Å². The quantitative estimate of drug-likeness (QED) is 0.428. The fourth-order valence-electron chi connectivity index (χ4n) is 4.99. The molecular formula is C29H35N3O4. The van der Waals surface area contributed by atoms with Gasteiger partial charge < -0.3 is 25.2 Å². The molecule has 0 spiro atoms. The van der Waals surface area contributed by atoms with Crippen molar-refractivity contribution in [2.45, 2.75) is 57.7 Å². The van der Waals surface area contributed by atoms with Gasteiger partial charge in [-0.25, -0.2) is 0 Å². The van der Waals surface area contributed by atoms with Crippen molar-refractivity contribution in [2.75, 3.05) is 25.1 Å². The predicted octanol–water partition coefficient (Wildman–Crippen LogP) is 4.60. The van der Waals surface area contributed by atoms with Gasteiger partial charge in [0.25, 0.3) is 5.91 Å². The van der Waals surface area contributed by atoms with Crippen molar-refractivity contribution in [3.8, 4) is 5.75 Å². The lowest BCUT2D eigenvalue weighted by Gasteiger charge is -2.26. The molecule has 3 aromatic rings. The maximum absolute atomic E-state index is 12.9. The van der Waals surface area contributed by atoms with Gasteiger partial charge >= 0.3 is 0 Å². The zero-order valence-electron chi connectivity index (χ0n) is 20.8. The van der Waals surface area contributed by atoms with Crippen LogP contribution in [-0.4, -0.2) is 48.0 Å². The molecule has 5 rings (SSSR count). The van der Waals surface area contributed by atoms with E-state index in [-0.39, 0.29) is 12.0 Å². The number of amides is 1. The van der Waals surface area contributed by atoms with Crippen molar-refractivity contribution in [2.24, 2.45) is 5.92 Å². The second-order valence-corrected chi connectivity index (χ2v) is 10.1. The van der Waals surface area contributed by atoms with E-state index in [1.165, 1.54) is 0 Å². The predicted molar refractivity (Wildman–Crippen MR) is 140 cm³/mol. The van der Waals surface area contributed by atoms with E-state index in [0.29, 0.717) is 24.1 Å². The van der Waals surface area contributed by atoms with Crippen LogP contribution < -0.4 is 15.4 Å². The molecule has 1 aliphatic heterocycles. The molecular weight excluding hydrogens is 454 g/mol. The van der Waals surface area contributed by atoms with E-state index in [2.05, 4.69) is 16.7 Å². The summed E-state index contributed by atoms with van der Waals surface area (Å²) in [5, 5.41) is 17.4. The monoisotopic (exact) mass is 489 g/mol. The molecule has 190 valence electrons. The molecule has 1 amide bonds. The van der Waals surface area contributed by atoms with Crippen LogP contribution in [0.4, 0.5) is 5.69 Å². The molecule has 7 nitrogen and oxygen atoms in total. The highest BCUT2D eigenvalue weighted by Crippen LogP contribution is 2.26. The van der Waals surface area contributed by atoms with Gasteiger partial charge in [-0.05, 0) is 86.6 Å². The number of hydrogen-bond acceptors (Lipinski definition) is 6. The number of carbonyl (C=O) groups is 1. The van der Waals surface area contributed by atoms with Crippen molar-refractivity contribution in [3.63, 3.8) is 0 Å². The van der Waals surface area contributed by atoms with Crippen LogP contribution in [0.5, 0.6) is 5.75 Å². The zero-order chi connectivity index (χ0) is 24.9. The Bertz CT molecular complexity index is 1180. The van der Waals surface area contributed by atoms with E-state index in [0.717, 1.165) is 85.3 Å². The highest BCUT2D eigenvalue weighted by Gasteiger charge is 2.19. The second kappa shape index (κ2) is 11.4. The Kier molecular flexibility index (Phi) is 7.80. The minimum absolute atomic E-state index is 0.140. The third-order valence-corrected chi connectivity index (χ3v) is 7.33. The van der Waals surface area contributed by atoms with Crippen LogP contribution in [0.2, 0.25) is 0 Å². The van der Waals surface area contributed by atoms with Crippen LogP contribution in [0.25, 0.3) is 10.9 Å². The number of rotatable bonds is 8. The molecule has 1 saturated carbocycles. The number of fused-ring (bicyclic) bond motifs is 1. The third-order valence-electron chi connectivity index (χ3n) is 7.33. The van der Waals surface area contributed by atoms with E-state index in [1.54, 1.807) is 12.1 Å². The smallest absolute Gasteiger partial charge is 0.255 e. The van der Waals surface area contributed by atoms with Crippen molar-refractivity contribution < 1.29 is 19.4 Å². The molecule has 2 fully saturated rings. The number of aliphatic hydroxyl groups excluding tert-OH is 1. The first-order chi connectivity index (χ1) is 17.5. The van der Waals surface area contributed by atoms with Crippen LogP contribution in [0, 0.1) is 12.8 Å². The molecule has 2 aromatic carbocycles. The lowest BCUT2D eigenvalue weighted by Crippen LogP contribution is -2.34. The van der Waals surface area contributed by atoms with Crippen molar-refractivity contribution in [3.05, 3.63) is 65.4 Å². The van der Waals surface area contributed by atoms with Gasteiger partial charge in [-0.2, -0.15) is 0 Å². The van der Waals surface area contributed by atoms with E-state index in [1.807, 2.05) is 37.4 Å². The van der Waals surface area contributed by atoms with E-state index < -0.39 is 0 Å². The van der Waals surface area contributed by atoms with Crippen molar-refractivity contribution >= 4 is 22.5 Å². The number of nitrogens with zero attached hydrogens (tertiary/aromatic N) is 1. The fraction of sp³-hybridized carbons (Fsp3) is 0.448. The first-order valence-electron chi connectivity index (χ1n) is 13.0. The second-order valence-electron chi connectivity index (χ2n) is 10.1. The summed E-state index contributed by atoms with van der Waals surface area (Å²) in [7, 11) is 0. The van der Waals surface area contributed by atoms with Gasteiger partial charge in [-0.3, -0.25) is 9.78 Å². The summed E-state index contributed by atoms with van der Waals surface area (Å²) >= 11 is 0. The number of benzene rings is 2. The topological polar surface area (TPSA) is 92.7 Å². The maximum atomic E-state index is 12.9. The van der Waals surface area contributed by atoms with Gasteiger partial charge in [0.1, 0.15) is 5.75 Å². The Morgan fingerprint density at radius 3 is 2.67 bits per heavy atom. The van der Waals surface area contributed by atoms with Crippen molar-refractivity contribution in [1.82, 2.24) is 10.3 Å². The van der Waals surface area contributed by atoms with Gasteiger partial charge in [-0.1, -0.05) is 6.07 Å². The Morgan fingerprint density at radius 1 is 1.11 bits per heavy atom. The number of aryl methyl sites for hydroxylation is 1. The molecule has 1 aromatic heterocycles. The average molecular weight is 490 g/mol. The molecule has 3 N–H and O–H groups in total. The van der Waals surface area contributed by atoms with E-state index in [9.17, 15) is 9.90 Å². The summed E-state index contributed by atoms with van der Waals surface area (Å²) in [5.41, 5.74) is 4.30. The number of anilines is 1. The first kappa shape index (κ1) is 24.7. The SMILES string of the molecule is Cc1c(NC(=O)c2ccc(OCC3CCOC3)cc2)ccc2cc(CNC3CCC(O)CC3)cnc12. The van der Waals surface area contributed by atoms with E-state index >= 15 is 0 Å². The summed E-state index contributed by atoms with van der Waals surface area (Å²) in [5.74, 6) is 1.04. The highest BCUT2D eigenvalue weighted by molar-refractivity contribution is 6.06. The van der Waals surface area contributed by atoms with Crippen LogP contribution in [0.15, 0.2) is 48.7 Å². The number of aromatic nitrogens is 1. The molecule has 0 bridgehead atoms. The highest BCUT2D eigenvalue weighted by atomic mass is 16.5. The third kappa shape index (κ3) is 6.03. The minimum atomic E-state index is -0.161. The molecule has 1 unspecified atom stereocenters. The largest absolute Gasteiger partial charge is 0.493 e. The summed E-state index contributed by atoms with van der Waals surface area (Å²) in [6.45, 7) is 4.94. The molecule has 2 heterocycles. The van der Waals surface area contributed by atoms with Crippen molar-refractivity contribution in [1.29, 1.82) is 0 Å². The van der Waals surface area contributed by atoms with Gasteiger partial charge in [0, 0.05) is 47.9 Å². The van der Waals surface area contributed by atoms with Gasteiger partial charge in [0.05, 0.1) is 24.8 Å². The summed E-state index contributed by atoms with van der Waals surface area (Å²) in [6, 6.07) is 13.8. The fourth-order valence-corrected chi connectivity index (χ4v) is 4.99. The van der Waals surface area contributed by atoms with Crippen LogP contribution in [0.1, 0.15) is 53.6 Å². The van der Waals surface area contributed by atoms with Crippen LogP contribution >= 0.6 is 0 Å². The summed E-state index contributed by atoms with van der Waals surface area (Å²) in [6.07, 6.45) is 6.56. The van der Waals surface area contributed by atoms with Gasteiger partial charge in [0.15, 0.2) is 0 Å². The lowest BCUT2D eigenvalue weighted by molar-refractivity contribution is 0.102. The molecule has 7 heteroatoms. The number of pyridine rings is 1. The molecule has 1 aliphatic carbocycles. The number of aliphatic hydroxyl groups is 1. The molecule has 36 heavy (non-hydrogen) atoms. The first-order valence-corrected chi connectivity index (χ1v) is 13.0. The minimum Gasteiger partial charge on any atom is -0.493 e. The summed E-state index contributed by atoms with van der Waals surface area (Å²) in [4.78, 5) is 17.6. The maximum Gasteiger partial charge on any atom is 0.255 e.